The molecule has 0 aliphatic carbocycles. The van der Waals surface area contributed by atoms with E-state index in [1.807, 2.05) is 30.3 Å². The zero-order chi connectivity index (χ0) is 29.0. The zero-order valence-corrected chi connectivity index (χ0v) is 23.6. The molecule has 0 radical (unpaired) electrons. The van der Waals surface area contributed by atoms with Gasteiger partial charge in [0.1, 0.15) is 11.8 Å². The van der Waals surface area contributed by atoms with Crippen molar-refractivity contribution in [3.05, 3.63) is 76.1 Å². The number of ether oxygens (including phenoxy) is 1. The number of nitrogens with zero attached hydrogens (tertiary/aromatic N) is 6. The number of halogens is 1. The first kappa shape index (κ1) is 28.9. The van der Waals surface area contributed by atoms with E-state index in [0.29, 0.717) is 60.9 Å². The summed E-state index contributed by atoms with van der Waals surface area (Å²) in [4.78, 5) is 6.44. The van der Waals surface area contributed by atoms with Crippen molar-refractivity contribution in [1.29, 1.82) is 10.5 Å². The summed E-state index contributed by atoms with van der Waals surface area (Å²) in [5.74, 6) is -0.525. The number of nitriles is 2. The number of nitrogens with one attached hydrogen (secondary N) is 1. The third kappa shape index (κ3) is 6.38. The lowest BCUT2D eigenvalue weighted by atomic mass is 10.1. The fourth-order valence-electron chi connectivity index (χ4n) is 4.43. The van der Waals surface area contributed by atoms with Crippen molar-refractivity contribution in [2.45, 2.75) is 20.4 Å². The molecular formula is C28H30FN7O3S. The monoisotopic (exact) mass is 563 g/mol. The first-order valence-electron chi connectivity index (χ1n) is 12.6. The van der Waals surface area contributed by atoms with Crippen LogP contribution in [0.3, 0.4) is 0 Å². The third-order valence-electron chi connectivity index (χ3n) is 6.59. The summed E-state index contributed by atoms with van der Waals surface area (Å²) >= 11 is 0. The van der Waals surface area contributed by atoms with Crippen LogP contribution in [0.5, 0.6) is 11.6 Å². The molecule has 1 saturated heterocycles. The summed E-state index contributed by atoms with van der Waals surface area (Å²) in [6, 6.07) is 15.9. The highest BCUT2D eigenvalue weighted by atomic mass is 32.2. The Morgan fingerprint density at radius 1 is 1.02 bits per heavy atom. The van der Waals surface area contributed by atoms with E-state index in [1.165, 1.54) is 22.7 Å². The molecule has 2 aromatic carbocycles. The van der Waals surface area contributed by atoms with Gasteiger partial charge in [-0.25, -0.2) is 4.39 Å². The summed E-state index contributed by atoms with van der Waals surface area (Å²) < 4.78 is 48.0. The molecule has 0 spiro atoms. The Bertz CT molecular complexity index is 1560. The highest BCUT2D eigenvalue weighted by Crippen LogP contribution is 2.32. The molecule has 0 amide bonds. The summed E-state index contributed by atoms with van der Waals surface area (Å²) in [5.41, 5.74) is 3.50. The molecule has 1 fully saturated rings. The van der Waals surface area contributed by atoms with Crippen molar-refractivity contribution >= 4 is 21.7 Å². The maximum atomic E-state index is 14.8. The van der Waals surface area contributed by atoms with Gasteiger partial charge in [0.25, 0.3) is 16.1 Å². The molecule has 12 heteroatoms. The van der Waals surface area contributed by atoms with E-state index in [-0.39, 0.29) is 17.3 Å². The summed E-state index contributed by atoms with van der Waals surface area (Å²) in [6.45, 7) is 6.29. The highest BCUT2D eigenvalue weighted by Gasteiger charge is 2.28. The van der Waals surface area contributed by atoms with E-state index in [0.717, 1.165) is 11.6 Å². The molecule has 1 aromatic heterocycles. The fourth-order valence-corrected chi connectivity index (χ4v) is 5.52. The Hall–Kier alpha value is -4.07. The van der Waals surface area contributed by atoms with Crippen LogP contribution in [0, 0.1) is 42.3 Å². The average Bonchev–Trinajstić information content (AvgIpc) is 2.93. The molecule has 40 heavy (non-hydrogen) atoms. The van der Waals surface area contributed by atoms with E-state index in [9.17, 15) is 18.1 Å². The van der Waals surface area contributed by atoms with Crippen molar-refractivity contribution < 1.29 is 17.5 Å². The Balaban J connectivity index is 1.45. The predicted molar refractivity (Wildman–Crippen MR) is 149 cm³/mol. The number of hydrogen-bond acceptors (Lipinski definition) is 8. The Labute approximate surface area is 234 Å². The standard InChI is InChI=1S/C28H30FN7O3S/c1-19-13-22(16-30)14-20(2)26(19)39-28-25(29)15-23(17-31)27(33-28)32-24-7-5-21(6-8-24)18-35-9-11-36(12-10-35)40(37,38)34(3)4/h5-8,13-15H,9-12,18H2,1-4H3,(H,32,33). The largest absolute Gasteiger partial charge is 0.436 e. The van der Waals surface area contributed by atoms with Gasteiger partial charge in [0, 0.05) is 58.6 Å². The second-order valence-electron chi connectivity index (χ2n) is 9.72. The molecule has 0 saturated carbocycles. The molecule has 1 N–H and O–H groups in total. The van der Waals surface area contributed by atoms with Gasteiger partial charge in [-0.3, -0.25) is 4.90 Å². The molecule has 3 aromatic rings. The van der Waals surface area contributed by atoms with Gasteiger partial charge in [0.05, 0.1) is 17.2 Å². The van der Waals surface area contributed by atoms with E-state index < -0.39 is 16.0 Å². The first-order chi connectivity index (χ1) is 19.0. The number of anilines is 2. The second kappa shape index (κ2) is 12.0. The maximum Gasteiger partial charge on any atom is 0.281 e. The van der Waals surface area contributed by atoms with Crippen molar-refractivity contribution in [1.82, 2.24) is 18.5 Å². The van der Waals surface area contributed by atoms with Crippen LogP contribution in [0.15, 0.2) is 42.5 Å². The van der Waals surface area contributed by atoms with Gasteiger partial charge in [0.15, 0.2) is 11.6 Å². The van der Waals surface area contributed by atoms with E-state index >= 15 is 0 Å². The molecule has 4 rings (SSSR count). The molecule has 208 valence electrons. The number of pyridine rings is 1. The molecule has 1 aliphatic heterocycles. The van der Waals surface area contributed by atoms with Gasteiger partial charge in [-0.2, -0.15) is 32.5 Å². The lowest BCUT2D eigenvalue weighted by Gasteiger charge is -2.35. The molecule has 0 atom stereocenters. The topological polar surface area (TPSA) is 126 Å². The van der Waals surface area contributed by atoms with Crippen molar-refractivity contribution in [3.8, 4) is 23.8 Å². The minimum Gasteiger partial charge on any atom is -0.436 e. The van der Waals surface area contributed by atoms with Crippen LogP contribution in [-0.2, 0) is 16.8 Å². The van der Waals surface area contributed by atoms with Gasteiger partial charge >= 0.3 is 0 Å². The van der Waals surface area contributed by atoms with Crippen LogP contribution in [0.4, 0.5) is 15.9 Å². The molecular weight excluding hydrogens is 533 g/mol. The van der Waals surface area contributed by atoms with Gasteiger partial charge in [0.2, 0.25) is 0 Å². The van der Waals surface area contributed by atoms with Crippen LogP contribution >= 0.6 is 0 Å². The maximum absolute atomic E-state index is 14.8. The minimum absolute atomic E-state index is 0.0211. The molecule has 0 bridgehead atoms. The predicted octanol–water partition coefficient (Wildman–Crippen LogP) is 4.04. The van der Waals surface area contributed by atoms with Gasteiger partial charge in [-0.15, -0.1) is 0 Å². The van der Waals surface area contributed by atoms with Crippen LogP contribution < -0.4 is 10.1 Å². The average molecular weight is 564 g/mol. The third-order valence-corrected chi connectivity index (χ3v) is 8.53. The molecule has 2 heterocycles. The molecule has 1 aliphatic rings. The minimum atomic E-state index is -3.41. The number of piperazine rings is 1. The van der Waals surface area contributed by atoms with Gasteiger partial charge in [-0.05, 0) is 54.8 Å². The van der Waals surface area contributed by atoms with Crippen LogP contribution in [0.25, 0.3) is 0 Å². The zero-order valence-electron chi connectivity index (χ0n) is 22.8. The number of aryl methyl sites for hydroxylation is 2. The molecule has 0 unspecified atom stereocenters. The van der Waals surface area contributed by atoms with Crippen LogP contribution in [-0.4, -0.2) is 67.2 Å². The lowest BCUT2D eigenvalue weighted by Crippen LogP contribution is -2.51. The van der Waals surface area contributed by atoms with Crippen molar-refractivity contribution in [3.63, 3.8) is 0 Å². The Kier molecular flexibility index (Phi) is 8.67. The number of hydrogen-bond donors (Lipinski definition) is 1. The summed E-state index contributed by atoms with van der Waals surface area (Å²) in [7, 11) is -0.347. The van der Waals surface area contributed by atoms with Crippen molar-refractivity contribution in [2.75, 3.05) is 45.6 Å². The normalized spacial score (nSPS) is 14.5. The van der Waals surface area contributed by atoms with Crippen LogP contribution in [0.2, 0.25) is 0 Å². The van der Waals surface area contributed by atoms with Gasteiger partial charge in [-0.1, -0.05) is 12.1 Å². The second-order valence-corrected chi connectivity index (χ2v) is 11.9. The smallest absolute Gasteiger partial charge is 0.281 e. The van der Waals surface area contributed by atoms with Crippen LogP contribution in [0.1, 0.15) is 27.8 Å². The summed E-state index contributed by atoms with van der Waals surface area (Å²) in [6.07, 6.45) is 0. The van der Waals surface area contributed by atoms with Gasteiger partial charge < -0.3 is 10.1 Å². The van der Waals surface area contributed by atoms with E-state index in [4.69, 9.17) is 10.00 Å². The van der Waals surface area contributed by atoms with E-state index in [2.05, 4.69) is 21.3 Å². The number of aromatic nitrogens is 1. The SMILES string of the molecule is Cc1cc(C#N)cc(C)c1Oc1nc(Nc2ccc(CN3CCN(S(=O)(=O)N(C)C)CC3)cc2)c(C#N)cc1F. The lowest BCUT2D eigenvalue weighted by molar-refractivity contribution is 0.177. The Morgan fingerprint density at radius 3 is 2.20 bits per heavy atom. The highest BCUT2D eigenvalue weighted by molar-refractivity contribution is 7.86. The van der Waals surface area contributed by atoms with E-state index in [1.54, 1.807) is 26.0 Å². The quantitative estimate of drug-likeness (QED) is 0.435. The Morgan fingerprint density at radius 2 is 1.65 bits per heavy atom. The number of benzene rings is 2. The molecule has 10 nitrogen and oxygen atoms in total. The fraction of sp³-hybridized carbons (Fsp3) is 0.321. The van der Waals surface area contributed by atoms with Crippen molar-refractivity contribution in [2.24, 2.45) is 0 Å². The number of rotatable bonds is 8. The first-order valence-corrected chi connectivity index (χ1v) is 14.0. The summed E-state index contributed by atoms with van der Waals surface area (Å²) in [5, 5.41) is 21.8.